The summed E-state index contributed by atoms with van der Waals surface area (Å²) in [6.45, 7) is 3.26. The van der Waals surface area contributed by atoms with E-state index in [0.717, 1.165) is 49.8 Å². The molecule has 2 aromatic rings. The molecule has 1 aliphatic rings. The molecule has 0 radical (unpaired) electrons. The van der Waals surface area contributed by atoms with Crippen LogP contribution in [0.4, 0.5) is 11.4 Å². The predicted octanol–water partition coefficient (Wildman–Crippen LogP) is 6.49. The van der Waals surface area contributed by atoms with Crippen LogP contribution in [0.1, 0.15) is 82.3 Å². The molecule has 0 amide bonds. The van der Waals surface area contributed by atoms with Gasteiger partial charge in [-0.1, -0.05) is 51.2 Å². The van der Waals surface area contributed by atoms with Gasteiger partial charge < -0.3 is 25.7 Å². The number of hydrogen-bond donors (Lipinski definition) is 2. The van der Waals surface area contributed by atoms with Crippen LogP contribution in [0.25, 0.3) is 6.08 Å². The minimum Gasteiger partial charge on any atom is -0.462 e. The zero-order valence-electron chi connectivity index (χ0n) is 23.2. The molecule has 1 aliphatic carbocycles. The lowest BCUT2D eigenvalue weighted by atomic mass is 9.87. The van der Waals surface area contributed by atoms with Crippen molar-refractivity contribution >= 4 is 29.4 Å². The molecule has 4 N–H and O–H groups in total. The van der Waals surface area contributed by atoms with Gasteiger partial charge in [-0.05, 0) is 79.6 Å². The number of ether oxygens (including phenoxy) is 3. The van der Waals surface area contributed by atoms with Gasteiger partial charge in [0.25, 0.3) is 0 Å². The second kappa shape index (κ2) is 16.6. The van der Waals surface area contributed by atoms with Crippen molar-refractivity contribution in [2.75, 3.05) is 24.7 Å². The summed E-state index contributed by atoms with van der Waals surface area (Å²) in [6.07, 6.45) is 14.8. The molecule has 2 aromatic carbocycles. The lowest BCUT2D eigenvalue weighted by molar-refractivity contribution is -0.141. The summed E-state index contributed by atoms with van der Waals surface area (Å²) < 4.78 is 16.9. The smallest absolute Gasteiger partial charge is 0.330 e. The van der Waals surface area contributed by atoms with Crippen molar-refractivity contribution in [3.05, 3.63) is 59.7 Å². The van der Waals surface area contributed by atoms with E-state index in [1.165, 1.54) is 38.2 Å². The Morgan fingerprint density at radius 1 is 0.897 bits per heavy atom. The van der Waals surface area contributed by atoms with Crippen LogP contribution >= 0.6 is 0 Å². The number of carbonyl (C=O) groups is 2. The average molecular weight is 537 g/mol. The van der Waals surface area contributed by atoms with Gasteiger partial charge >= 0.3 is 11.9 Å². The Morgan fingerprint density at radius 2 is 1.62 bits per heavy atom. The maximum absolute atomic E-state index is 12.6. The van der Waals surface area contributed by atoms with E-state index in [4.69, 9.17) is 25.7 Å². The molecule has 0 atom stereocenters. The molecule has 0 aliphatic heterocycles. The highest BCUT2D eigenvalue weighted by Gasteiger charge is 2.28. The van der Waals surface area contributed by atoms with E-state index in [1.54, 1.807) is 48.5 Å². The lowest BCUT2D eigenvalue weighted by Crippen LogP contribution is -2.29. The minimum absolute atomic E-state index is 0.0871. The van der Waals surface area contributed by atoms with E-state index < -0.39 is 5.97 Å². The van der Waals surface area contributed by atoms with Gasteiger partial charge in [-0.15, -0.1) is 0 Å². The summed E-state index contributed by atoms with van der Waals surface area (Å²) in [6, 6.07) is 12.3. The van der Waals surface area contributed by atoms with Crippen LogP contribution in [0.15, 0.2) is 48.5 Å². The highest BCUT2D eigenvalue weighted by molar-refractivity contribution is 5.87. The molecule has 0 heterocycles. The molecular formula is C32H44N2O5. The SMILES string of the molecule is CCCCCCCCOC1CCC(C(=O)Oc2ccc(/C=C/C(=O)OCCc3cc(N)ccc3N)cc2)CC1. The molecule has 39 heavy (non-hydrogen) atoms. The van der Waals surface area contributed by atoms with Crippen molar-refractivity contribution in [3.8, 4) is 5.75 Å². The number of benzene rings is 2. The highest BCUT2D eigenvalue weighted by atomic mass is 16.5. The van der Waals surface area contributed by atoms with Gasteiger partial charge in [-0.25, -0.2) is 4.79 Å². The molecular weight excluding hydrogens is 492 g/mol. The van der Waals surface area contributed by atoms with Gasteiger partial charge in [0.1, 0.15) is 5.75 Å². The number of esters is 2. The fourth-order valence-electron chi connectivity index (χ4n) is 4.76. The summed E-state index contributed by atoms with van der Waals surface area (Å²) in [5, 5.41) is 0. The van der Waals surface area contributed by atoms with E-state index in [1.807, 2.05) is 0 Å². The average Bonchev–Trinajstić information content (AvgIpc) is 2.94. The van der Waals surface area contributed by atoms with Crippen molar-refractivity contribution in [2.45, 2.75) is 83.7 Å². The van der Waals surface area contributed by atoms with Crippen molar-refractivity contribution in [1.82, 2.24) is 0 Å². The third kappa shape index (κ3) is 11.1. The van der Waals surface area contributed by atoms with Crippen LogP contribution in [0.3, 0.4) is 0 Å². The molecule has 212 valence electrons. The molecule has 1 saturated carbocycles. The quantitative estimate of drug-likeness (QED) is 0.0879. The van der Waals surface area contributed by atoms with Crippen molar-refractivity contribution in [1.29, 1.82) is 0 Å². The fourth-order valence-corrected chi connectivity index (χ4v) is 4.76. The van der Waals surface area contributed by atoms with Crippen molar-refractivity contribution in [2.24, 2.45) is 5.92 Å². The van der Waals surface area contributed by atoms with Gasteiger partial charge in [0.15, 0.2) is 0 Å². The van der Waals surface area contributed by atoms with Crippen LogP contribution in [0.5, 0.6) is 5.75 Å². The molecule has 0 saturated heterocycles. The minimum atomic E-state index is -0.445. The van der Waals surface area contributed by atoms with E-state index in [9.17, 15) is 9.59 Å². The zero-order chi connectivity index (χ0) is 27.9. The monoisotopic (exact) mass is 536 g/mol. The Labute approximate surface area is 232 Å². The molecule has 0 aromatic heterocycles. The van der Waals surface area contributed by atoms with Crippen LogP contribution in [-0.4, -0.2) is 31.3 Å². The third-order valence-electron chi connectivity index (χ3n) is 7.15. The predicted molar refractivity (Wildman–Crippen MR) is 156 cm³/mol. The van der Waals surface area contributed by atoms with E-state index in [0.29, 0.717) is 23.5 Å². The first kappa shape index (κ1) is 30.2. The van der Waals surface area contributed by atoms with Crippen LogP contribution in [-0.2, 0) is 25.5 Å². The summed E-state index contributed by atoms with van der Waals surface area (Å²) in [7, 11) is 0. The number of anilines is 2. The van der Waals surface area contributed by atoms with E-state index >= 15 is 0 Å². The van der Waals surface area contributed by atoms with Crippen molar-refractivity contribution < 1.29 is 23.8 Å². The first-order chi connectivity index (χ1) is 18.9. The molecule has 7 nitrogen and oxygen atoms in total. The summed E-state index contributed by atoms with van der Waals surface area (Å²) in [5.74, 6) is -0.214. The Morgan fingerprint density at radius 3 is 2.36 bits per heavy atom. The maximum atomic E-state index is 12.6. The molecule has 3 rings (SSSR count). The Bertz CT molecular complexity index is 1060. The van der Waals surface area contributed by atoms with Crippen molar-refractivity contribution in [3.63, 3.8) is 0 Å². The number of nitrogens with two attached hydrogens (primary N) is 2. The largest absolute Gasteiger partial charge is 0.462 e. The number of carbonyl (C=O) groups excluding carboxylic acids is 2. The van der Waals surface area contributed by atoms with Gasteiger partial charge in [0.05, 0.1) is 18.6 Å². The zero-order valence-corrected chi connectivity index (χ0v) is 23.2. The topological polar surface area (TPSA) is 114 Å². The summed E-state index contributed by atoms with van der Waals surface area (Å²) in [5.41, 5.74) is 14.6. The molecule has 0 unspecified atom stereocenters. The van der Waals surface area contributed by atoms with E-state index in [-0.39, 0.29) is 24.6 Å². The standard InChI is InChI=1S/C32H44N2O5/c1-2-3-4-5-6-7-21-37-28-16-11-25(12-17-28)32(36)39-29-14-8-24(9-15-29)10-19-31(35)38-22-20-26-23-27(33)13-18-30(26)34/h8-10,13-15,18-19,23,25,28H,2-7,11-12,16-17,20-22,33-34H2,1H3/b19-10+. The van der Waals surface area contributed by atoms with Crippen LogP contribution in [0.2, 0.25) is 0 Å². The van der Waals surface area contributed by atoms with Gasteiger partial charge in [-0.3, -0.25) is 4.79 Å². The second-order valence-electron chi connectivity index (χ2n) is 10.3. The Hall–Kier alpha value is -3.32. The summed E-state index contributed by atoms with van der Waals surface area (Å²) in [4.78, 5) is 24.7. The Balaban J connectivity index is 1.32. The molecule has 0 spiro atoms. The highest BCUT2D eigenvalue weighted by Crippen LogP contribution is 2.28. The first-order valence-corrected chi connectivity index (χ1v) is 14.4. The molecule has 1 fully saturated rings. The van der Waals surface area contributed by atoms with Gasteiger partial charge in [-0.2, -0.15) is 0 Å². The summed E-state index contributed by atoms with van der Waals surface area (Å²) >= 11 is 0. The number of nitrogen functional groups attached to an aromatic ring is 2. The molecule has 0 bridgehead atoms. The number of rotatable bonds is 15. The second-order valence-corrected chi connectivity index (χ2v) is 10.3. The van der Waals surface area contributed by atoms with Gasteiger partial charge in [0.2, 0.25) is 0 Å². The van der Waals surface area contributed by atoms with Crippen LogP contribution in [0, 0.1) is 5.92 Å². The maximum Gasteiger partial charge on any atom is 0.330 e. The number of unbranched alkanes of at least 4 members (excludes halogenated alkanes) is 5. The van der Waals surface area contributed by atoms with Gasteiger partial charge in [0, 0.05) is 30.5 Å². The first-order valence-electron chi connectivity index (χ1n) is 14.4. The molecule has 7 heteroatoms. The lowest BCUT2D eigenvalue weighted by Gasteiger charge is -2.27. The third-order valence-corrected chi connectivity index (χ3v) is 7.15. The van der Waals surface area contributed by atoms with Crippen LogP contribution < -0.4 is 16.2 Å². The Kier molecular flexibility index (Phi) is 12.9. The normalized spacial score (nSPS) is 17.3. The fraction of sp³-hybridized carbons (Fsp3) is 0.500. The number of hydrogen-bond acceptors (Lipinski definition) is 7. The van der Waals surface area contributed by atoms with E-state index in [2.05, 4.69) is 6.92 Å².